The minimum atomic E-state index is -2.85. The van der Waals surface area contributed by atoms with Crippen molar-refractivity contribution in [2.24, 2.45) is 0 Å². The van der Waals surface area contributed by atoms with E-state index in [0.29, 0.717) is 28.4 Å². The molecule has 0 spiro atoms. The van der Waals surface area contributed by atoms with E-state index in [4.69, 9.17) is 27.2 Å². The zero-order valence-corrected chi connectivity index (χ0v) is 74.9. The number of benzene rings is 4. The first kappa shape index (κ1) is 90.5. The predicted molar refractivity (Wildman–Crippen MR) is 451 cm³/mol. The smallest absolute Gasteiger partial charge is 0.407 e. The standard InChI is InChI=1S/C83H126N8O15SSi4/c1-50(2)110(51(3)4,52(5)6)103-59-34-30-32-57(44-59)46-67(87-81(100)101-49-65-63-38-28-26-36-61(63)62-37-27-29-39-64(62)65)76(95)90(20)56(13)71(75(94)84-48-69-72(105-108(22,23)82(14,15)16)73(106-109(24,25)83(17,18)19)77(102-69)91-42-40-70(92)88-80(91)99)89-74(93)66(41-43-107-21)85-79(98)86-68(78(96)97)47-58-33-31-35-60(45-58)104-111(53(7)8,54(9)10)55(11)12/h26-40,42,44-45,48,50-56,65-68,71-73,77H,41,43,46-47,49H2,1-25H3,(H,84,94)(H,87,100)(H,89,93)(H,96,97)(H2,85,86,98)(H,88,92,99)/b69-48-/t56-,66-,67-,68?,71-,72?,73?,77?/m0/s1. The van der Waals surface area contributed by atoms with Crippen molar-refractivity contribution in [3.63, 3.8) is 0 Å². The Labute approximate surface area is 666 Å². The summed E-state index contributed by atoms with van der Waals surface area (Å²) >= 11 is 1.38. The highest BCUT2D eigenvalue weighted by atomic mass is 32.2. The molecule has 610 valence electrons. The number of urea groups is 1. The molecule has 28 heteroatoms. The van der Waals surface area contributed by atoms with Crippen molar-refractivity contribution in [1.82, 2.24) is 41.0 Å². The lowest BCUT2D eigenvalue weighted by Crippen LogP contribution is -2.62. The maximum atomic E-state index is 15.9. The molecule has 0 bridgehead atoms. The van der Waals surface area contributed by atoms with Crippen molar-refractivity contribution < 1.29 is 61.1 Å². The van der Waals surface area contributed by atoms with Crippen LogP contribution in [-0.4, -0.2) is 157 Å². The number of alkyl carbamates (subject to hydrolysis) is 1. The van der Waals surface area contributed by atoms with Crippen LogP contribution in [0.15, 0.2) is 131 Å². The van der Waals surface area contributed by atoms with Crippen LogP contribution in [0.1, 0.15) is 172 Å². The number of fused-ring (bicyclic) bond motifs is 3. The third kappa shape index (κ3) is 21.4. The summed E-state index contributed by atoms with van der Waals surface area (Å²) in [6.07, 6.45) is -0.0608. The van der Waals surface area contributed by atoms with Crippen molar-refractivity contribution in [3.05, 3.63) is 164 Å². The van der Waals surface area contributed by atoms with E-state index in [1.165, 1.54) is 46.7 Å². The molecule has 0 radical (unpaired) electrons. The highest BCUT2D eigenvalue weighted by Gasteiger charge is 2.55. The normalized spacial score (nSPS) is 17.4. The second-order valence-electron chi connectivity index (χ2n) is 34.8. The van der Waals surface area contributed by atoms with Gasteiger partial charge in [0, 0.05) is 44.3 Å². The molecular weight excluding hydrogens is 1490 g/mol. The predicted octanol–water partition coefficient (Wildman–Crippen LogP) is 15.5. The van der Waals surface area contributed by atoms with Crippen molar-refractivity contribution >= 4 is 80.8 Å². The summed E-state index contributed by atoms with van der Waals surface area (Å²) < 4.78 is 42.7. The lowest BCUT2D eigenvalue weighted by atomic mass is 9.98. The Kier molecular flexibility index (Phi) is 30.5. The largest absolute Gasteiger partial charge is 0.543 e. The summed E-state index contributed by atoms with van der Waals surface area (Å²) in [5, 5.41) is 23.9. The van der Waals surface area contributed by atoms with E-state index in [1.807, 2.05) is 117 Å². The van der Waals surface area contributed by atoms with Crippen LogP contribution in [-0.2, 0) is 50.3 Å². The first-order valence-corrected chi connectivity index (χ1v) is 50.6. The molecule has 2 heterocycles. The van der Waals surface area contributed by atoms with E-state index >= 15 is 14.4 Å². The van der Waals surface area contributed by atoms with Gasteiger partial charge in [-0.3, -0.25) is 28.7 Å². The molecule has 2 aliphatic rings. The van der Waals surface area contributed by atoms with Gasteiger partial charge in [0.05, 0.1) is 6.04 Å². The van der Waals surface area contributed by atoms with E-state index < -0.39 is 134 Å². The average Bonchev–Trinajstić information content (AvgIpc) is 1.72. The van der Waals surface area contributed by atoms with Crippen molar-refractivity contribution in [2.45, 2.75) is 275 Å². The van der Waals surface area contributed by atoms with Crippen LogP contribution in [0.4, 0.5) is 9.59 Å². The highest BCUT2D eigenvalue weighted by molar-refractivity contribution is 7.98. The number of hydrogen-bond donors (Lipinski definition) is 7. The molecule has 1 saturated heterocycles. The van der Waals surface area contributed by atoms with Gasteiger partial charge in [-0.1, -0.05) is 197 Å². The van der Waals surface area contributed by atoms with Gasteiger partial charge in [0.25, 0.3) is 22.2 Å². The fourth-order valence-corrected chi connectivity index (χ4v) is 28.9. The number of carboxylic acids is 1. The monoisotopic (exact) mass is 1620 g/mol. The Morgan fingerprint density at radius 3 is 1.57 bits per heavy atom. The van der Waals surface area contributed by atoms with E-state index in [2.05, 4.69) is 156 Å². The van der Waals surface area contributed by atoms with Gasteiger partial charge in [0.15, 0.2) is 16.6 Å². The number of ether oxygens (including phenoxy) is 2. The van der Waals surface area contributed by atoms with Gasteiger partial charge in [-0.2, -0.15) is 11.8 Å². The lowest BCUT2D eigenvalue weighted by Gasteiger charge is -2.43. The number of rotatable bonds is 35. The third-order valence-corrected chi connectivity index (χ3v) is 45.1. The number of amides is 6. The SMILES string of the molecule is CSCC[C@H](NC(=O)NC(Cc1cccc(O[Si](C(C)C)(C(C)C)C(C)C)c1)C(=O)O)C(=O)N[C@H](C(=O)N/C=C1\OC(n2ccc(=O)[nH]c2=O)C(O[Si](C)(C)C(C)(C)C)C1O[Si](C)(C)C(C)(C)C)[C@H](C)N(C)C(=O)[C@H](Cc1cccc(O[Si](C(C)C)(C(C)C)C(C)C)c1)NC(=O)OCC1c2ccccc2-c2ccccc21. The van der Waals surface area contributed by atoms with Crippen molar-refractivity contribution in [1.29, 1.82) is 0 Å². The molecule has 23 nitrogen and oxygen atoms in total. The van der Waals surface area contributed by atoms with Gasteiger partial charge in [-0.25, -0.2) is 19.2 Å². The first-order valence-electron chi connectivity index (χ1n) is 39.1. The molecule has 1 aromatic heterocycles. The number of nitrogens with one attached hydrogen (secondary N) is 6. The zero-order chi connectivity index (χ0) is 82.8. The summed E-state index contributed by atoms with van der Waals surface area (Å²) in [6.45, 7) is 48.3. The topological polar surface area (TPSA) is 296 Å². The summed E-state index contributed by atoms with van der Waals surface area (Å²) in [6, 6.07) is 23.6. The first-order chi connectivity index (χ1) is 51.7. The zero-order valence-electron chi connectivity index (χ0n) is 70.1. The van der Waals surface area contributed by atoms with E-state index in [-0.39, 0.29) is 75.8 Å². The fourth-order valence-electron chi connectivity index (χ4n) is 15.5. The Morgan fingerprint density at radius 1 is 0.622 bits per heavy atom. The number of thioether (sulfide) groups is 1. The minimum Gasteiger partial charge on any atom is -0.543 e. The molecule has 7 rings (SSSR count). The van der Waals surface area contributed by atoms with Gasteiger partial charge in [0.2, 0.25) is 23.9 Å². The van der Waals surface area contributed by atoms with Crippen molar-refractivity contribution in [3.8, 4) is 22.6 Å². The summed E-state index contributed by atoms with van der Waals surface area (Å²) in [4.78, 5) is 119. The Morgan fingerprint density at radius 2 is 1.10 bits per heavy atom. The number of aromatic amines is 1. The molecule has 111 heavy (non-hydrogen) atoms. The summed E-state index contributed by atoms with van der Waals surface area (Å²) in [5.74, 6) is -2.50. The summed E-state index contributed by atoms with van der Waals surface area (Å²) in [5.41, 5.74) is 5.32. The van der Waals surface area contributed by atoms with Gasteiger partial charge in [-0.05, 0) is 153 Å². The van der Waals surface area contributed by atoms with Gasteiger partial charge < -0.3 is 63.8 Å². The van der Waals surface area contributed by atoms with Crippen LogP contribution >= 0.6 is 11.8 Å². The highest BCUT2D eigenvalue weighted by Crippen LogP contribution is 2.49. The van der Waals surface area contributed by atoms with Crippen LogP contribution in [0.5, 0.6) is 11.5 Å². The van der Waals surface area contributed by atoms with Crippen LogP contribution in [0.25, 0.3) is 11.1 Å². The van der Waals surface area contributed by atoms with Gasteiger partial charge >= 0.3 is 23.8 Å². The number of nitrogens with zero attached hydrogens (tertiary/aromatic N) is 2. The maximum Gasteiger partial charge on any atom is 0.407 e. The van der Waals surface area contributed by atoms with Crippen LogP contribution in [0.3, 0.4) is 0 Å². The summed E-state index contributed by atoms with van der Waals surface area (Å²) in [7, 11) is -9.15. The Hall–Kier alpha value is -7.74. The van der Waals surface area contributed by atoms with E-state index in [1.54, 1.807) is 19.1 Å². The number of carbonyl (C=O) groups is 6. The minimum absolute atomic E-state index is 0.00225. The lowest BCUT2D eigenvalue weighted by molar-refractivity contribution is -0.139. The Balaban J connectivity index is 1.30. The molecule has 1 aliphatic carbocycles. The molecule has 1 fully saturated rings. The maximum absolute atomic E-state index is 15.9. The molecule has 4 aromatic carbocycles. The molecule has 4 unspecified atom stereocenters. The van der Waals surface area contributed by atoms with E-state index in [9.17, 15) is 29.1 Å². The number of likely N-dealkylation sites (N-methyl/N-ethyl adjacent to an activating group) is 1. The molecule has 6 amide bonds. The number of carbonyl (C=O) groups excluding carboxylic acids is 5. The molecule has 7 N–H and O–H groups in total. The molecule has 0 saturated carbocycles. The second kappa shape index (κ2) is 37.5. The third-order valence-electron chi connectivity index (χ3n) is 23.5. The van der Waals surface area contributed by atoms with Gasteiger partial charge in [-0.15, -0.1) is 0 Å². The number of hydrogen-bond acceptors (Lipinski definition) is 15. The number of aliphatic carboxylic acids is 1. The average molecular weight is 1620 g/mol. The quantitative estimate of drug-likeness (QED) is 0.0186. The van der Waals surface area contributed by atoms with Crippen LogP contribution in [0, 0.1) is 0 Å². The number of aromatic nitrogens is 2. The fraction of sp³-hybridized carbons (Fsp3) is 0.566. The number of H-pyrrole nitrogens is 1. The molecule has 1 aliphatic heterocycles. The molecule has 5 aromatic rings. The van der Waals surface area contributed by atoms with Gasteiger partial charge in [0.1, 0.15) is 60.2 Å². The Bertz CT molecular complexity index is 4140. The van der Waals surface area contributed by atoms with Crippen molar-refractivity contribution in [2.75, 3.05) is 25.7 Å². The van der Waals surface area contributed by atoms with Crippen LogP contribution in [0.2, 0.25) is 69.5 Å². The molecular formula is C83H126N8O15SSi4. The second-order valence-corrected chi connectivity index (χ2v) is 56.1. The van der Waals surface area contributed by atoms with E-state index in [0.717, 1.165) is 22.3 Å². The number of carboxylic acid groups (broad SMARTS) is 1. The van der Waals surface area contributed by atoms with Crippen LogP contribution < -0.4 is 46.7 Å². The molecule has 8 atom stereocenters.